The largest absolute Gasteiger partial charge is 0.493 e. The van der Waals surface area contributed by atoms with Crippen LogP contribution in [-0.2, 0) is 14.8 Å². The second-order valence-electron chi connectivity index (χ2n) is 3.91. The number of aliphatic hydroxyl groups is 1. The molecule has 118 valence electrons. The van der Waals surface area contributed by atoms with E-state index in [-0.39, 0.29) is 11.5 Å². The first-order valence-corrected chi connectivity index (χ1v) is 7.09. The number of ether oxygens (including phenoxy) is 2. The van der Waals surface area contributed by atoms with Crippen molar-refractivity contribution < 1.29 is 32.2 Å². The number of hydrogen-bond donors (Lipinski definition) is 3. The summed E-state index contributed by atoms with van der Waals surface area (Å²) in [4.78, 5) is 9.92. The minimum atomic E-state index is -4.31. The fraction of sp³-hybridized carbons (Fsp3) is 0.364. The van der Waals surface area contributed by atoms with Crippen LogP contribution in [0.4, 0.5) is 4.39 Å². The van der Waals surface area contributed by atoms with Crippen LogP contribution in [0.15, 0.2) is 17.0 Å². The quantitative estimate of drug-likeness (QED) is 0.589. The number of methoxy groups -OCH3 is 2. The summed E-state index contributed by atoms with van der Waals surface area (Å²) in [5, 5.41) is 9.15. The predicted octanol–water partition coefficient (Wildman–Crippen LogP) is -1.03. The zero-order chi connectivity index (χ0) is 16.2. The highest BCUT2D eigenvalue weighted by Gasteiger charge is 2.24. The SMILES string of the molecule is COc1cc(F)c(S(=O)(=O)NCC(O)C(N)=O)cc1OC. The molecule has 0 spiro atoms. The minimum Gasteiger partial charge on any atom is -0.493 e. The zero-order valence-corrected chi connectivity index (χ0v) is 12.1. The number of halogens is 1. The average molecular weight is 322 g/mol. The first-order valence-electron chi connectivity index (χ1n) is 5.61. The monoisotopic (exact) mass is 322 g/mol. The molecule has 0 aliphatic rings. The van der Waals surface area contributed by atoms with E-state index in [9.17, 15) is 17.6 Å². The Labute approximate surface area is 120 Å². The third kappa shape index (κ3) is 4.03. The van der Waals surface area contributed by atoms with Gasteiger partial charge in [0.05, 0.1) is 14.2 Å². The number of hydrogen-bond acceptors (Lipinski definition) is 6. The van der Waals surface area contributed by atoms with Crippen LogP contribution in [0.3, 0.4) is 0 Å². The Kier molecular flexibility index (Phi) is 5.47. The van der Waals surface area contributed by atoms with Gasteiger partial charge in [0.2, 0.25) is 15.9 Å². The van der Waals surface area contributed by atoms with Crippen molar-refractivity contribution in [2.24, 2.45) is 5.73 Å². The summed E-state index contributed by atoms with van der Waals surface area (Å²) in [6.07, 6.45) is -1.72. The molecule has 0 bridgehead atoms. The molecule has 0 fully saturated rings. The van der Waals surface area contributed by atoms with Gasteiger partial charge in [0.25, 0.3) is 0 Å². The molecule has 1 unspecified atom stereocenters. The van der Waals surface area contributed by atoms with Crippen molar-refractivity contribution in [1.82, 2.24) is 4.72 Å². The number of carbonyl (C=O) groups is 1. The van der Waals surface area contributed by atoms with Crippen LogP contribution in [0.5, 0.6) is 11.5 Å². The first-order chi connectivity index (χ1) is 9.72. The molecule has 1 amide bonds. The van der Waals surface area contributed by atoms with Gasteiger partial charge in [0.1, 0.15) is 16.8 Å². The average Bonchev–Trinajstić information content (AvgIpc) is 2.43. The van der Waals surface area contributed by atoms with Crippen molar-refractivity contribution in [2.45, 2.75) is 11.0 Å². The zero-order valence-electron chi connectivity index (χ0n) is 11.3. The molecule has 1 rings (SSSR count). The van der Waals surface area contributed by atoms with E-state index in [2.05, 4.69) is 0 Å². The highest BCUT2D eigenvalue weighted by molar-refractivity contribution is 7.89. The standard InChI is InChI=1S/C11H15FN2O6S/c1-19-8-3-6(12)10(4-9(8)20-2)21(17,18)14-5-7(15)11(13)16/h3-4,7,14-15H,5H2,1-2H3,(H2,13,16). The maximum Gasteiger partial charge on any atom is 0.247 e. The van der Waals surface area contributed by atoms with Gasteiger partial charge in [-0.05, 0) is 0 Å². The van der Waals surface area contributed by atoms with Crippen molar-refractivity contribution >= 4 is 15.9 Å². The fourth-order valence-electron chi connectivity index (χ4n) is 1.41. The molecule has 1 atom stereocenters. The molecule has 1 aromatic rings. The lowest BCUT2D eigenvalue weighted by Gasteiger charge is -2.13. The lowest BCUT2D eigenvalue weighted by atomic mass is 10.3. The van der Waals surface area contributed by atoms with Gasteiger partial charge >= 0.3 is 0 Å². The Morgan fingerprint density at radius 1 is 1.38 bits per heavy atom. The number of primary amides is 1. The Morgan fingerprint density at radius 3 is 2.38 bits per heavy atom. The van der Waals surface area contributed by atoms with Gasteiger partial charge < -0.3 is 20.3 Å². The normalized spacial score (nSPS) is 12.8. The van der Waals surface area contributed by atoms with Crippen LogP contribution < -0.4 is 19.9 Å². The van der Waals surface area contributed by atoms with E-state index in [0.29, 0.717) is 0 Å². The second-order valence-corrected chi connectivity index (χ2v) is 5.64. The third-order valence-electron chi connectivity index (χ3n) is 2.52. The summed E-state index contributed by atoms with van der Waals surface area (Å²) in [6.45, 7) is -0.675. The van der Waals surface area contributed by atoms with Gasteiger partial charge in [0.15, 0.2) is 11.5 Å². The van der Waals surface area contributed by atoms with Crippen molar-refractivity contribution in [2.75, 3.05) is 20.8 Å². The molecule has 0 heterocycles. The topological polar surface area (TPSA) is 128 Å². The van der Waals surface area contributed by atoms with E-state index in [4.69, 9.17) is 20.3 Å². The van der Waals surface area contributed by atoms with Gasteiger partial charge in [-0.3, -0.25) is 4.79 Å². The number of aliphatic hydroxyl groups excluding tert-OH is 1. The minimum absolute atomic E-state index is 0.00900. The summed E-state index contributed by atoms with van der Waals surface area (Å²) in [7, 11) is -1.77. The van der Waals surface area contributed by atoms with Crippen LogP contribution in [0.25, 0.3) is 0 Å². The third-order valence-corrected chi connectivity index (χ3v) is 3.96. The van der Waals surface area contributed by atoms with E-state index >= 15 is 0 Å². The summed E-state index contributed by atoms with van der Waals surface area (Å²) in [5.74, 6) is -2.15. The van der Waals surface area contributed by atoms with Gasteiger partial charge in [-0.15, -0.1) is 0 Å². The summed E-state index contributed by atoms with van der Waals surface area (Å²) < 4.78 is 49.3. The molecule has 4 N–H and O–H groups in total. The van der Waals surface area contributed by atoms with Crippen LogP contribution >= 0.6 is 0 Å². The molecule has 0 saturated carbocycles. The number of rotatable bonds is 7. The molecule has 10 heteroatoms. The summed E-state index contributed by atoms with van der Waals surface area (Å²) >= 11 is 0. The molecule has 8 nitrogen and oxygen atoms in total. The van der Waals surface area contributed by atoms with Gasteiger partial charge in [-0.1, -0.05) is 0 Å². The number of benzene rings is 1. The fourth-order valence-corrected chi connectivity index (χ4v) is 2.52. The first kappa shape index (κ1) is 17.1. The van der Waals surface area contributed by atoms with E-state index in [1.165, 1.54) is 14.2 Å². The van der Waals surface area contributed by atoms with Crippen molar-refractivity contribution in [3.63, 3.8) is 0 Å². The van der Waals surface area contributed by atoms with Crippen LogP contribution in [0.2, 0.25) is 0 Å². The maximum atomic E-state index is 13.8. The number of nitrogens with one attached hydrogen (secondary N) is 1. The highest BCUT2D eigenvalue weighted by atomic mass is 32.2. The van der Waals surface area contributed by atoms with E-state index in [1.807, 2.05) is 4.72 Å². The van der Waals surface area contributed by atoms with Gasteiger partial charge in [-0.2, -0.15) is 0 Å². The Morgan fingerprint density at radius 2 is 1.90 bits per heavy atom. The number of amides is 1. The van der Waals surface area contributed by atoms with Crippen molar-refractivity contribution in [3.05, 3.63) is 17.9 Å². The van der Waals surface area contributed by atoms with Crippen LogP contribution in [-0.4, -0.2) is 46.3 Å². The molecule has 0 aliphatic heterocycles. The number of sulfonamides is 1. The van der Waals surface area contributed by atoms with E-state index in [0.717, 1.165) is 12.1 Å². The maximum absolute atomic E-state index is 13.8. The smallest absolute Gasteiger partial charge is 0.247 e. The molecule has 1 aromatic carbocycles. The van der Waals surface area contributed by atoms with Gasteiger partial charge in [-0.25, -0.2) is 17.5 Å². The second kappa shape index (κ2) is 6.70. The lowest BCUT2D eigenvalue weighted by molar-refractivity contribution is -0.125. The molecule has 0 aromatic heterocycles. The van der Waals surface area contributed by atoms with Gasteiger partial charge in [0, 0.05) is 18.7 Å². The van der Waals surface area contributed by atoms with Crippen LogP contribution in [0.1, 0.15) is 0 Å². The molecule has 21 heavy (non-hydrogen) atoms. The van der Waals surface area contributed by atoms with E-state index < -0.39 is 39.3 Å². The molecular formula is C11H15FN2O6S. The summed E-state index contributed by atoms with van der Waals surface area (Å²) in [6, 6.07) is 1.77. The molecule has 0 saturated heterocycles. The molecular weight excluding hydrogens is 307 g/mol. The Bertz CT molecular complexity index is 634. The lowest BCUT2D eigenvalue weighted by Crippen LogP contribution is -2.40. The molecule has 0 radical (unpaired) electrons. The van der Waals surface area contributed by atoms with Crippen LogP contribution in [0, 0.1) is 5.82 Å². The predicted molar refractivity (Wildman–Crippen MR) is 69.9 cm³/mol. The van der Waals surface area contributed by atoms with E-state index in [1.54, 1.807) is 0 Å². The summed E-state index contributed by atoms with van der Waals surface area (Å²) in [5.41, 5.74) is 4.78. The number of carbonyl (C=O) groups excluding carboxylic acids is 1. The molecule has 0 aliphatic carbocycles. The number of nitrogens with two attached hydrogens (primary N) is 1. The van der Waals surface area contributed by atoms with Crippen molar-refractivity contribution in [3.8, 4) is 11.5 Å². The highest BCUT2D eigenvalue weighted by Crippen LogP contribution is 2.31. The van der Waals surface area contributed by atoms with Crippen molar-refractivity contribution in [1.29, 1.82) is 0 Å². The Balaban J connectivity index is 3.11. The Hall–Kier alpha value is -1.91.